The maximum Gasteiger partial charge on any atom is 0.326 e. The van der Waals surface area contributed by atoms with Crippen LogP contribution in [0.2, 0.25) is 0 Å². The summed E-state index contributed by atoms with van der Waals surface area (Å²) < 4.78 is 0. The number of benzene rings is 1. The molecule has 6 nitrogen and oxygen atoms in total. The molecule has 21 heavy (non-hydrogen) atoms. The number of urea groups is 1. The number of para-hydroxylation sites is 2. The first-order chi connectivity index (χ1) is 9.81. The lowest BCUT2D eigenvalue weighted by Gasteiger charge is -2.20. The Morgan fingerprint density at radius 2 is 1.86 bits per heavy atom. The highest BCUT2D eigenvalue weighted by Crippen LogP contribution is 2.23. The summed E-state index contributed by atoms with van der Waals surface area (Å²) in [4.78, 5) is 25.0. The van der Waals surface area contributed by atoms with Gasteiger partial charge in [-0.05, 0) is 24.5 Å². The molecule has 2 amide bonds. The summed E-state index contributed by atoms with van der Waals surface area (Å²) >= 11 is 0. The van der Waals surface area contributed by atoms with Crippen molar-refractivity contribution in [1.29, 1.82) is 0 Å². The molecule has 116 valence electrons. The Morgan fingerprint density at radius 3 is 2.38 bits per heavy atom. The molecule has 1 rings (SSSR count). The van der Waals surface area contributed by atoms with Crippen LogP contribution in [-0.2, 0) is 4.79 Å². The van der Waals surface area contributed by atoms with Crippen molar-refractivity contribution in [2.75, 3.05) is 24.3 Å². The van der Waals surface area contributed by atoms with Crippen molar-refractivity contribution in [3.05, 3.63) is 24.3 Å². The average molecular weight is 293 g/mol. The summed E-state index contributed by atoms with van der Waals surface area (Å²) in [7, 11) is 3.74. The Morgan fingerprint density at radius 1 is 1.24 bits per heavy atom. The van der Waals surface area contributed by atoms with Gasteiger partial charge in [0.05, 0.1) is 11.4 Å². The third kappa shape index (κ3) is 5.33. The van der Waals surface area contributed by atoms with Crippen molar-refractivity contribution >= 4 is 23.4 Å². The van der Waals surface area contributed by atoms with Crippen molar-refractivity contribution in [1.82, 2.24) is 5.32 Å². The van der Waals surface area contributed by atoms with Crippen LogP contribution in [0.3, 0.4) is 0 Å². The number of amides is 2. The van der Waals surface area contributed by atoms with Crippen LogP contribution in [-0.4, -0.2) is 37.2 Å². The molecule has 0 heterocycles. The number of hydrogen-bond acceptors (Lipinski definition) is 3. The van der Waals surface area contributed by atoms with E-state index in [1.165, 1.54) is 0 Å². The zero-order valence-electron chi connectivity index (χ0n) is 12.9. The smallest absolute Gasteiger partial charge is 0.326 e. The molecule has 3 N–H and O–H groups in total. The number of carboxylic acid groups (broad SMARTS) is 1. The van der Waals surface area contributed by atoms with Gasteiger partial charge in [0.25, 0.3) is 0 Å². The topological polar surface area (TPSA) is 81.7 Å². The van der Waals surface area contributed by atoms with E-state index in [4.69, 9.17) is 5.11 Å². The van der Waals surface area contributed by atoms with Gasteiger partial charge in [0, 0.05) is 14.1 Å². The lowest BCUT2D eigenvalue weighted by atomic mass is 10.0. The average Bonchev–Trinajstić information content (AvgIpc) is 2.37. The molecule has 1 aromatic carbocycles. The molecule has 0 bridgehead atoms. The Hall–Kier alpha value is -2.24. The summed E-state index contributed by atoms with van der Waals surface area (Å²) in [6.45, 7) is 3.83. The number of anilines is 2. The molecular formula is C15H23N3O3. The largest absolute Gasteiger partial charge is 0.480 e. The van der Waals surface area contributed by atoms with Crippen molar-refractivity contribution in [3.63, 3.8) is 0 Å². The van der Waals surface area contributed by atoms with Crippen molar-refractivity contribution < 1.29 is 14.7 Å². The Labute approximate surface area is 125 Å². The first kappa shape index (κ1) is 16.8. The van der Waals surface area contributed by atoms with Crippen LogP contribution in [0.15, 0.2) is 24.3 Å². The molecule has 0 aliphatic rings. The van der Waals surface area contributed by atoms with Crippen molar-refractivity contribution in [3.8, 4) is 0 Å². The Bertz CT molecular complexity index is 501. The van der Waals surface area contributed by atoms with E-state index in [0.29, 0.717) is 12.1 Å². The zero-order chi connectivity index (χ0) is 16.0. The number of carbonyl (C=O) groups is 2. The maximum absolute atomic E-state index is 12.0. The van der Waals surface area contributed by atoms with E-state index in [2.05, 4.69) is 10.6 Å². The van der Waals surface area contributed by atoms with Crippen LogP contribution >= 0.6 is 0 Å². The van der Waals surface area contributed by atoms with Crippen LogP contribution in [0, 0.1) is 5.92 Å². The second kappa shape index (κ2) is 7.52. The summed E-state index contributed by atoms with van der Waals surface area (Å²) in [5, 5.41) is 14.3. The fraction of sp³-hybridized carbons (Fsp3) is 0.467. The molecule has 1 atom stereocenters. The molecule has 0 aromatic heterocycles. The number of carboxylic acids is 1. The Kier molecular flexibility index (Phi) is 6.02. The van der Waals surface area contributed by atoms with Gasteiger partial charge in [0.15, 0.2) is 0 Å². The second-order valence-corrected chi connectivity index (χ2v) is 5.53. The van der Waals surface area contributed by atoms with Crippen LogP contribution in [0.4, 0.5) is 16.2 Å². The van der Waals surface area contributed by atoms with E-state index in [1.807, 2.05) is 51.0 Å². The van der Waals surface area contributed by atoms with Gasteiger partial charge in [0.2, 0.25) is 0 Å². The number of nitrogens with one attached hydrogen (secondary N) is 2. The predicted octanol–water partition coefficient (Wildman–Crippen LogP) is 2.37. The minimum atomic E-state index is -1.03. The summed E-state index contributed by atoms with van der Waals surface area (Å²) in [6, 6.07) is 5.92. The fourth-order valence-corrected chi connectivity index (χ4v) is 1.98. The number of aliphatic carboxylic acids is 1. The van der Waals surface area contributed by atoms with Gasteiger partial charge in [-0.15, -0.1) is 0 Å². The molecule has 0 unspecified atom stereocenters. The standard InChI is InChI=1S/C15H23N3O3/c1-10(2)9-12(14(19)20)17-15(21)16-11-7-5-6-8-13(11)18(3)4/h5-8,10,12H,9H2,1-4H3,(H,19,20)(H2,16,17,21)/t12-/m1/s1. The lowest BCUT2D eigenvalue weighted by Crippen LogP contribution is -2.43. The third-order valence-electron chi connectivity index (χ3n) is 2.94. The molecule has 0 fully saturated rings. The fourth-order valence-electron chi connectivity index (χ4n) is 1.98. The molecule has 1 aromatic rings. The van der Waals surface area contributed by atoms with Gasteiger partial charge in [-0.3, -0.25) is 0 Å². The van der Waals surface area contributed by atoms with Gasteiger partial charge in [-0.1, -0.05) is 26.0 Å². The van der Waals surface area contributed by atoms with Gasteiger partial charge >= 0.3 is 12.0 Å². The molecule has 0 radical (unpaired) electrons. The van der Waals surface area contributed by atoms with Crippen molar-refractivity contribution in [2.45, 2.75) is 26.3 Å². The highest BCUT2D eigenvalue weighted by Gasteiger charge is 2.21. The van der Waals surface area contributed by atoms with Gasteiger partial charge < -0.3 is 20.6 Å². The predicted molar refractivity (Wildman–Crippen MR) is 83.8 cm³/mol. The van der Waals surface area contributed by atoms with Gasteiger partial charge in [-0.2, -0.15) is 0 Å². The molecule has 0 aliphatic carbocycles. The number of hydrogen-bond donors (Lipinski definition) is 3. The van der Waals surface area contributed by atoms with E-state index in [-0.39, 0.29) is 5.92 Å². The SMILES string of the molecule is CC(C)C[C@@H](NC(=O)Nc1ccccc1N(C)C)C(=O)O. The van der Waals surface area contributed by atoms with Crippen LogP contribution in [0.1, 0.15) is 20.3 Å². The van der Waals surface area contributed by atoms with E-state index in [9.17, 15) is 9.59 Å². The summed E-state index contributed by atoms with van der Waals surface area (Å²) in [5.74, 6) is -0.847. The summed E-state index contributed by atoms with van der Waals surface area (Å²) in [6.07, 6.45) is 0.387. The highest BCUT2D eigenvalue weighted by molar-refractivity contribution is 5.95. The molecule has 0 spiro atoms. The minimum absolute atomic E-state index is 0.181. The Balaban J connectivity index is 2.75. The molecule has 0 aliphatic heterocycles. The second-order valence-electron chi connectivity index (χ2n) is 5.53. The van der Waals surface area contributed by atoms with E-state index >= 15 is 0 Å². The van der Waals surface area contributed by atoms with E-state index < -0.39 is 18.0 Å². The van der Waals surface area contributed by atoms with Gasteiger partial charge in [-0.25, -0.2) is 9.59 Å². The lowest BCUT2D eigenvalue weighted by molar-refractivity contribution is -0.139. The normalized spacial score (nSPS) is 11.9. The molecule has 0 saturated carbocycles. The van der Waals surface area contributed by atoms with E-state index in [0.717, 1.165) is 5.69 Å². The third-order valence-corrected chi connectivity index (χ3v) is 2.94. The van der Waals surface area contributed by atoms with Gasteiger partial charge in [0.1, 0.15) is 6.04 Å². The van der Waals surface area contributed by atoms with Crippen LogP contribution in [0.25, 0.3) is 0 Å². The first-order valence-electron chi connectivity index (χ1n) is 6.88. The summed E-state index contributed by atoms with van der Waals surface area (Å²) in [5.41, 5.74) is 1.48. The zero-order valence-corrected chi connectivity index (χ0v) is 12.9. The molecular weight excluding hydrogens is 270 g/mol. The minimum Gasteiger partial charge on any atom is -0.480 e. The van der Waals surface area contributed by atoms with Crippen molar-refractivity contribution in [2.24, 2.45) is 5.92 Å². The number of nitrogens with zero attached hydrogens (tertiary/aromatic N) is 1. The monoisotopic (exact) mass is 293 g/mol. The number of carbonyl (C=O) groups excluding carboxylic acids is 1. The molecule has 0 saturated heterocycles. The molecule has 6 heteroatoms. The maximum atomic E-state index is 12.0. The number of rotatable bonds is 6. The van der Waals surface area contributed by atoms with E-state index in [1.54, 1.807) is 6.07 Å². The van der Waals surface area contributed by atoms with Crippen LogP contribution in [0.5, 0.6) is 0 Å². The first-order valence-corrected chi connectivity index (χ1v) is 6.88. The quantitative estimate of drug-likeness (QED) is 0.752. The highest BCUT2D eigenvalue weighted by atomic mass is 16.4. The van der Waals surface area contributed by atoms with Crippen LogP contribution < -0.4 is 15.5 Å².